The molecule has 0 bridgehead atoms. The van der Waals surface area contributed by atoms with Gasteiger partial charge in [0, 0.05) is 6.92 Å². The van der Waals surface area contributed by atoms with Crippen molar-refractivity contribution in [1.82, 2.24) is 10.6 Å². The van der Waals surface area contributed by atoms with Gasteiger partial charge in [0.1, 0.15) is 17.7 Å². The van der Waals surface area contributed by atoms with Crippen molar-refractivity contribution in [3.8, 4) is 0 Å². The molecule has 8 heteroatoms. The fraction of sp³-hybridized carbons (Fsp3) is 0.750. The van der Waals surface area contributed by atoms with Crippen LogP contribution in [-0.2, 0) is 28.7 Å². The average Bonchev–Trinajstić information content (AvgIpc) is 2.40. The molecule has 2 N–H and O–H groups in total. The van der Waals surface area contributed by atoms with E-state index in [0.717, 1.165) is 7.11 Å². The van der Waals surface area contributed by atoms with Crippen LogP contribution >= 0.6 is 0 Å². The Morgan fingerprint density at radius 1 is 1.04 bits per heavy atom. The number of nitrogens with one attached hydrogen (secondary N) is 2. The lowest BCUT2D eigenvalue weighted by Gasteiger charge is -2.25. The van der Waals surface area contributed by atoms with Crippen molar-refractivity contribution in [2.45, 2.75) is 65.6 Å². The second kappa shape index (κ2) is 9.24. The van der Waals surface area contributed by atoms with Gasteiger partial charge in [-0.2, -0.15) is 0 Å². The van der Waals surface area contributed by atoms with Crippen LogP contribution < -0.4 is 10.6 Å². The number of methoxy groups -OCH3 is 1. The first-order chi connectivity index (χ1) is 10.9. The first-order valence-corrected chi connectivity index (χ1v) is 7.74. The third kappa shape index (κ3) is 8.50. The summed E-state index contributed by atoms with van der Waals surface area (Å²) in [5, 5.41) is 4.96. The lowest BCUT2D eigenvalue weighted by Crippen LogP contribution is -2.54. The number of esters is 2. The maximum Gasteiger partial charge on any atom is 0.328 e. The molecular formula is C16H28N2O6. The van der Waals surface area contributed by atoms with Gasteiger partial charge < -0.3 is 20.1 Å². The molecule has 0 fully saturated rings. The van der Waals surface area contributed by atoms with Gasteiger partial charge in [-0.3, -0.25) is 14.4 Å². The predicted molar refractivity (Wildman–Crippen MR) is 86.9 cm³/mol. The van der Waals surface area contributed by atoms with Crippen LogP contribution in [0.4, 0.5) is 0 Å². The molecule has 0 unspecified atom stereocenters. The molecule has 0 aromatic heterocycles. The lowest BCUT2D eigenvalue weighted by molar-refractivity contribution is -0.159. The fourth-order valence-electron chi connectivity index (χ4n) is 1.90. The molecule has 8 nitrogen and oxygen atoms in total. The van der Waals surface area contributed by atoms with Crippen molar-refractivity contribution in [2.75, 3.05) is 7.11 Å². The normalized spacial score (nSPS) is 13.7. The Balaban J connectivity index is 5.06. The number of rotatable bonds is 7. The minimum Gasteiger partial charge on any atom is -0.467 e. The Morgan fingerprint density at radius 2 is 1.58 bits per heavy atom. The van der Waals surface area contributed by atoms with Crippen molar-refractivity contribution in [2.24, 2.45) is 5.92 Å². The summed E-state index contributed by atoms with van der Waals surface area (Å²) < 4.78 is 9.77. The summed E-state index contributed by atoms with van der Waals surface area (Å²) >= 11 is 0. The van der Waals surface area contributed by atoms with Crippen molar-refractivity contribution in [3.05, 3.63) is 0 Å². The van der Waals surface area contributed by atoms with Gasteiger partial charge in [0.2, 0.25) is 11.8 Å². The van der Waals surface area contributed by atoms with Crippen molar-refractivity contribution < 1.29 is 28.7 Å². The minimum absolute atomic E-state index is 0.200. The second-order valence-electron chi connectivity index (χ2n) is 6.80. The molecule has 0 aliphatic carbocycles. The Hall–Kier alpha value is -2.12. The zero-order valence-corrected chi connectivity index (χ0v) is 15.4. The van der Waals surface area contributed by atoms with Gasteiger partial charge in [0.05, 0.1) is 13.5 Å². The van der Waals surface area contributed by atoms with E-state index in [-0.39, 0.29) is 18.2 Å². The molecule has 24 heavy (non-hydrogen) atoms. The Labute approximate surface area is 142 Å². The van der Waals surface area contributed by atoms with Crippen LogP contribution in [0, 0.1) is 5.92 Å². The van der Waals surface area contributed by atoms with E-state index in [2.05, 4.69) is 15.4 Å². The monoisotopic (exact) mass is 344 g/mol. The molecule has 0 rings (SSSR count). The molecular weight excluding hydrogens is 316 g/mol. The van der Waals surface area contributed by atoms with E-state index in [9.17, 15) is 19.2 Å². The third-order valence-electron chi connectivity index (χ3n) is 2.90. The van der Waals surface area contributed by atoms with E-state index < -0.39 is 35.5 Å². The summed E-state index contributed by atoms with van der Waals surface area (Å²) in [5.74, 6) is -2.54. The summed E-state index contributed by atoms with van der Waals surface area (Å²) in [6.07, 6.45) is -0.361. The van der Waals surface area contributed by atoms with E-state index in [1.165, 1.54) is 6.92 Å². The second-order valence-corrected chi connectivity index (χ2v) is 6.80. The quantitative estimate of drug-likeness (QED) is 0.652. The topological polar surface area (TPSA) is 111 Å². The van der Waals surface area contributed by atoms with Crippen LogP contribution in [0.1, 0.15) is 48.0 Å². The van der Waals surface area contributed by atoms with Crippen molar-refractivity contribution >= 4 is 23.8 Å². The summed E-state index contributed by atoms with van der Waals surface area (Å²) in [5.41, 5.74) is -0.710. The van der Waals surface area contributed by atoms with E-state index in [0.29, 0.717) is 0 Å². The zero-order valence-electron chi connectivity index (χ0n) is 15.4. The van der Waals surface area contributed by atoms with Gasteiger partial charge in [-0.1, -0.05) is 13.8 Å². The average molecular weight is 344 g/mol. The predicted octanol–water partition coefficient (Wildman–Crippen LogP) is 0.537. The molecule has 0 aromatic carbocycles. The molecule has 138 valence electrons. The first kappa shape index (κ1) is 21.9. The van der Waals surface area contributed by atoms with Gasteiger partial charge in [-0.25, -0.2) is 4.79 Å². The van der Waals surface area contributed by atoms with Crippen molar-refractivity contribution in [3.63, 3.8) is 0 Å². The lowest BCUT2D eigenvalue weighted by atomic mass is 10.0. The van der Waals surface area contributed by atoms with Gasteiger partial charge in [-0.15, -0.1) is 0 Å². The van der Waals surface area contributed by atoms with Crippen LogP contribution in [0.3, 0.4) is 0 Å². The standard InChI is InChI=1S/C16H28N2O6/c1-9(2)13(17-10(3)19)14(21)18-11(15(22)23-7)8-12(20)24-16(4,5)6/h9,11,13H,8H2,1-7H3,(H,17,19)(H,18,21)/t11-,13-/m1/s1. The van der Waals surface area contributed by atoms with E-state index in [1.807, 2.05) is 0 Å². The zero-order chi connectivity index (χ0) is 19.1. The summed E-state index contributed by atoms with van der Waals surface area (Å²) in [4.78, 5) is 47.3. The van der Waals surface area contributed by atoms with Gasteiger partial charge in [0.25, 0.3) is 0 Å². The Morgan fingerprint density at radius 3 is 1.96 bits per heavy atom. The number of ether oxygens (including phenoxy) is 2. The number of amides is 2. The van der Waals surface area contributed by atoms with Crippen molar-refractivity contribution in [1.29, 1.82) is 0 Å². The third-order valence-corrected chi connectivity index (χ3v) is 2.90. The van der Waals surface area contributed by atoms with Crippen LogP contribution in [0.2, 0.25) is 0 Å². The Bertz CT molecular complexity index is 481. The van der Waals surface area contributed by atoms with E-state index >= 15 is 0 Å². The maximum atomic E-state index is 12.3. The van der Waals surface area contributed by atoms with Gasteiger partial charge >= 0.3 is 11.9 Å². The maximum absolute atomic E-state index is 12.3. The SMILES string of the molecule is COC(=O)[C@@H](CC(=O)OC(C)(C)C)NC(=O)[C@H](NC(C)=O)C(C)C. The minimum atomic E-state index is -1.19. The first-order valence-electron chi connectivity index (χ1n) is 7.74. The number of hydrogen-bond donors (Lipinski definition) is 2. The molecule has 0 heterocycles. The summed E-state index contributed by atoms with van der Waals surface area (Å²) in [7, 11) is 1.16. The van der Waals surface area contributed by atoms with Gasteiger partial charge in [-0.05, 0) is 26.7 Å². The summed E-state index contributed by atoms with van der Waals surface area (Å²) in [6, 6.07) is -2.01. The van der Waals surface area contributed by atoms with Crippen LogP contribution in [0.25, 0.3) is 0 Å². The van der Waals surface area contributed by atoms with Crippen LogP contribution in [-0.4, -0.2) is 48.5 Å². The molecule has 0 saturated carbocycles. The van der Waals surface area contributed by atoms with Gasteiger partial charge in [0.15, 0.2) is 0 Å². The number of carbonyl (C=O) groups excluding carboxylic acids is 4. The highest BCUT2D eigenvalue weighted by Crippen LogP contribution is 2.10. The van der Waals surface area contributed by atoms with Crippen LogP contribution in [0.15, 0.2) is 0 Å². The van der Waals surface area contributed by atoms with E-state index in [1.54, 1.807) is 34.6 Å². The number of carbonyl (C=O) groups is 4. The van der Waals surface area contributed by atoms with E-state index in [4.69, 9.17) is 4.74 Å². The largest absolute Gasteiger partial charge is 0.467 e. The molecule has 0 saturated heterocycles. The smallest absolute Gasteiger partial charge is 0.328 e. The fourth-order valence-corrected chi connectivity index (χ4v) is 1.90. The highest BCUT2D eigenvalue weighted by Gasteiger charge is 2.31. The highest BCUT2D eigenvalue weighted by molar-refractivity contribution is 5.92. The molecule has 2 atom stereocenters. The molecule has 0 aromatic rings. The molecule has 0 aliphatic heterocycles. The molecule has 0 aliphatic rings. The Kier molecular flexibility index (Phi) is 8.43. The molecule has 2 amide bonds. The number of hydrogen-bond acceptors (Lipinski definition) is 6. The highest BCUT2D eigenvalue weighted by atomic mass is 16.6. The summed E-state index contributed by atoms with van der Waals surface area (Å²) in [6.45, 7) is 9.89. The molecule has 0 radical (unpaired) electrons. The molecule has 0 spiro atoms. The van der Waals surface area contributed by atoms with Crippen LogP contribution in [0.5, 0.6) is 0 Å².